The molecule has 3 rings (SSSR count). The van der Waals surface area contributed by atoms with E-state index in [1.165, 1.54) is 0 Å². The first-order valence-electron chi connectivity index (χ1n) is 10.5. The minimum absolute atomic E-state index is 0.0845. The number of hydrogen-bond donors (Lipinski definition) is 1. The number of amides is 1. The van der Waals surface area contributed by atoms with E-state index in [1.807, 2.05) is 50.4 Å². The summed E-state index contributed by atoms with van der Waals surface area (Å²) in [5.74, 6) is 6.38. The van der Waals surface area contributed by atoms with Gasteiger partial charge in [0, 0.05) is 37.1 Å². The van der Waals surface area contributed by atoms with Crippen LogP contribution in [0, 0.1) is 0 Å². The van der Waals surface area contributed by atoms with E-state index in [2.05, 4.69) is 10.1 Å². The molecule has 0 bridgehead atoms. The normalized spacial score (nSPS) is 18.7. The Labute approximate surface area is 182 Å². The van der Waals surface area contributed by atoms with Crippen molar-refractivity contribution in [2.24, 2.45) is 15.9 Å². The predicted octanol–water partition coefficient (Wildman–Crippen LogP) is 3.26. The predicted molar refractivity (Wildman–Crippen MR) is 121 cm³/mol. The molecule has 168 valence electrons. The second-order valence-electron chi connectivity index (χ2n) is 8.69. The smallest absolute Gasteiger partial charge is 0.410 e. The fraction of sp³-hybridized carbons (Fsp3) is 0.545. The van der Waals surface area contributed by atoms with Gasteiger partial charge in [-0.2, -0.15) is 5.10 Å². The zero-order valence-electron chi connectivity index (χ0n) is 19.0. The van der Waals surface area contributed by atoms with Crippen molar-refractivity contribution in [2.75, 3.05) is 20.2 Å². The van der Waals surface area contributed by atoms with Crippen molar-refractivity contribution in [3.63, 3.8) is 0 Å². The molecule has 1 aliphatic heterocycles. The summed E-state index contributed by atoms with van der Waals surface area (Å²) in [7, 11) is 1.61. The Balaban J connectivity index is 1.75. The van der Waals surface area contributed by atoms with Crippen molar-refractivity contribution >= 4 is 23.2 Å². The molecule has 2 aromatic rings. The van der Waals surface area contributed by atoms with Crippen LogP contribution in [0.5, 0.6) is 5.88 Å². The number of rotatable bonds is 4. The van der Waals surface area contributed by atoms with Crippen LogP contribution in [0.2, 0.25) is 0 Å². The molecule has 0 spiro atoms. The minimum atomic E-state index is -0.499. The average Bonchev–Trinajstić information content (AvgIpc) is 3.05. The molecule has 1 saturated heterocycles. The van der Waals surface area contributed by atoms with Crippen molar-refractivity contribution in [2.45, 2.75) is 58.6 Å². The standard InChI is InChI=1S/C22H32N6O3/c1-15(20(26-23)16-13-18-24-9-12-28(18)19(14-16)30-5)25-17-7-6-10-27(11-8-17)21(29)31-22(2,3)4/h9,12-14,17H,6-8,10-11,23H2,1-5H3/b25-15?,26-20+. The van der Waals surface area contributed by atoms with Crippen LogP contribution in [0.1, 0.15) is 52.5 Å². The van der Waals surface area contributed by atoms with E-state index >= 15 is 0 Å². The molecule has 3 heterocycles. The van der Waals surface area contributed by atoms with E-state index in [1.54, 1.807) is 18.2 Å². The van der Waals surface area contributed by atoms with E-state index in [0.29, 0.717) is 24.7 Å². The maximum Gasteiger partial charge on any atom is 0.410 e. The molecule has 1 fully saturated rings. The van der Waals surface area contributed by atoms with Gasteiger partial charge in [0.15, 0.2) is 5.88 Å². The van der Waals surface area contributed by atoms with Gasteiger partial charge in [0.2, 0.25) is 0 Å². The number of nitrogens with zero attached hydrogens (tertiary/aromatic N) is 5. The average molecular weight is 429 g/mol. The number of aromatic nitrogens is 2. The number of ether oxygens (including phenoxy) is 2. The van der Waals surface area contributed by atoms with Crippen LogP contribution in [-0.2, 0) is 4.74 Å². The lowest BCUT2D eigenvalue weighted by atomic mass is 10.1. The van der Waals surface area contributed by atoms with E-state index in [4.69, 9.17) is 20.3 Å². The van der Waals surface area contributed by atoms with Crippen molar-refractivity contribution in [1.82, 2.24) is 14.3 Å². The lowest BCUT2D eigenvalue weighted by molar-refractivity contribution is 0.0256. The SMILES string of the molecule is COc1cc(/C(=N/N)C(C)=NC2CCCN(C(=O)OC(C)(C)C)CC2)cc2nccn12. The summed E-state index contributed by atoms with van der Waals surface area (Å²) < 4.78 is 12.8. The number of likely N-dealkylation sites (tertiary alicyclic amines) is 1. The van der Waals surface area contributed by atoms with Gasteiger partial charge >= 0.3 is 6.09 Å². The summed E-state index contributed by atoms with van der Waals surface area (Å²) >= 11 is 0. The number of hydrogen-bond acceptors (Lipinski definition) is 7. The van der Waals surface area contributed by atoms with E-state index < -0.39 is 5.60 Å². The van der Waals surface area contributed by atoms with Crippen LogP contribution >= 0.6 is 0 Å². The number of nitrogens with two attached hydrogens (primary N) is 1. The van der Waals surface area contributed by atoms with Crippen LogP contribution in [0.15, 0.2) is 34.6 Å². The first-order valence-corrected chi connectivity index (χ1v) is 10.5. The summed E-state index contributed by atoms with van der Waals surface area (Å²) in [5, 5.41) is 4.01. The summed E-state index contributed by atoms with van der Waals surface area (Å²) in [6.45, 7) is 8.82. The monoisotopic (exact) mass is 428 g/mol. The lowest BCUT2D eigenvalue weighted by Crippen LogP contribution is -2.37. The molecule has 1 aliphatic rings. The van der Waals surface area contributed by atoms with Crippen LogP contribution in [0.25, 0.3) is 5.65 Å². The molecule has 9 heteroatoms. The highest BCUT2D eigenvalue weighted by molar-refractivity contribution is 6.47. The zero-order chi connectivity index (χ0) is 22.6. The van der Waals surface area contributed by atoms with Gasteiger partial charge in [-0.05, 0) is 53.0 Å². The molecular weight excluding hydrogens is 396 g/mol. The Kier molecular flexibility index (Phi) is 6.82. The van der Waals surface area contributed by atoms with Crippen LogP contribution < -0.4 is 10.6 Å². The highest BCUT2D eigenvalue weighted by Crippen LogP contribution is 2.20. The van der Waals surface area contributed by atoms with Gasteiger partial charge in [-0.1, -0.05) is 0 Å². The van der Waals surface area contributed by atoms with Crippen LogP contribution in [0.3, 0.4) is 0 Å². The number of imidazole rings is 1. The number of carbonyl (C=O) groups excluding carboxylic acids is 1. The van der Waals surface area contributed by atoms with Crippen LogP contribution in [0.4, 0.5) is 4.79 Å². The molecule has 0 saturated carbocycles. The number of aliphatic imine (C=N–C) groups is 1. The summed E-state index contributed by atoms with van der Waals surface area (Å²) in [6, 6.07) is 3.86. The molecule has 0 aliphatic carbocycles. The van der Waals surface area contributed by atoms with E-state index in [0.717, 1.165) is 36.2 Å². The first-order chi connectivity index (χ1) is 14.7. The van der Waals surface area contributed by atoms with Gasteiger partial charge in [-0.15, -0.1) is 0 Å². The molecule has 9 nitrogen and oxygen atoms in total. The Morgan fingerprint density at radius 2 is 2.03 bits per heavy atom. The van der Waals surface area contributed by atoms with Gasteiger partial charge in [0.25, 0.3) is 0 Å². The van der Waals surface area contributed by atoms with Gasteiger partial charge in [0.05, 0.1) is 18.9 Å². The fourth-order valence-corrected chi connectivity index (χ4v) is 3.71. The maximum atomic E-state index is 12.4. The highest BCUT2D eigenvalue weighted by atomic mass is 16.6. The largest absolute Gasteiger partial charge is 0.482 e. The van der Waals surface area contributed by atoms with E-state index in [9.17, 15) is 4.79 Å². The number of hydrazone groups is 1. The Morgan fingerprint density at radius 1 is 1.26 bits per heavy atom. The molecule has 31 heavy (non-hydrogen) atoms. The first kappa shape index (κ1) is 22.6. The summed E-state index contributed by atoms with van der Waals surface area (Å²) in [5.41, 5.74) is 2.38. The van der Waals surface area contributed by atoms with Gasteiger partial charge in [-0.3, -0.25) is 9.39 Å². The topological polar surface area (TPSA) is 107 Å². The minimum Gasteiger partial charge on any atom is -0.482 e. The van der Waals surface area contributed by atoms with Crippen molar-refractivity contribution in [3.8, 4) is 5.88 Å². The molecule has 1 unspecified atom stereocenters. The summed E-state index contributed by atoms with van der Waals surface area (Å²) in [6.07, 6.45) is 5.79. The third-order valence-corrected chi connectivity index (χ3v) is 5.15. The molecule has 1 amide bonds. The Bertz CT molecular complexity index is 989. The highest BCUT2D eigenvalue weighted by Gasteiger charge is 2.25. The molecule has 2 aromatic heterocycles. The Hall–Kier alpha value is -3.10. The maximum absolute atomic E-state index is 12.4. The second-order valence-corrected chi connectivity index (χ2v) is 8.69. The number of fused-ring (bicyclic) bond motifs is 1. The lowest BCUT2D eigenvalue weighted by Gasteiger charge is -2.26. The van der Waals surface area contributed by atoms with Crippen molar-refractivity contribution in [3.05, 3.63) is 30.1 Å². The zero-order valence-corrected chi connectivity index (χ0v) is 19.0. The quantitative estimate of drug-likeness (QED) is 0.457. The third kappa shape index (κ3) is 5.53. The van der Waals surface area contributed by atoms with Gasteiger partial charge < -0.3 is 20.2 Å². The van der Waals surface area contributed by atoms with E-state index in [-0.39, 0.29) is 12.1 Å². The second kappa shape index (κ2) is 9.36. The molecule has 0 radical (unpaired) electrons. The van der Waals surface area contributed by atoms with Gasteiger partial charge in [-0.25, -0.2) is 9.78 Å². The number of pyridine rings is 1. The molecule has 2 N–H and O–H groups in total. The molecule has 0 aromatic carbocycles. The number of methoxy groups -OCH3 is 1. The Morgan fingerprint density at radius 3 is 2.71 bits per heavy atom. The molecule has 1 atom stereocenters. The molecular formula is C22H32N6O3. The van der Waals surface area contributed by atoms with Crippen molar-refractivity contribution < 1.29 is 14.3 Å². The fourth-order valence-electron chi connectivity index (χ4n) is 3.71. The van der Waals surface area contributed by atoms with Crippen molar-refractivity contribution in [1.29, 1.82) is 0 Å². The van der Waals surface area contributed by atoms with Crippen LogP contribution in [-0.4, -0.2) is 63.6 Å². The number of carbonyl (C=O) groups is 1. The van der Waals surface area contributed by atoms with Gasteiger partial charge in [0.1, 0.15) is 17.0 Å². The third-order valence-electron chi connectivity index (χ3n) is 5.15. The summed E-state index contributed by atoms with van der Waals surface area (Å²) in [4.78, 5) is 23.4.